The lowest BCUT2D eigenvalue weighted by Gasteiger charge is -2.30. The van der Waals surface area contributed by atoms with Crippen molar-refractivity contribution < 1.29 is 14.3 Å². The summed E-state index contributed by atoms with van der Waals surface area (Å²) < 4.78 is 13.3. The van der Waals surface area contributed by atoms with E-state index in [4.69, 9.17) is 20.9 Å². The zero-order valence-electron chi connectivity index (χ0n) is 18.0. The molecular formula is C22H30N6O4. The van der Waals surface area contributed by atoms with Gasteiger partial charge in [0, 0.05) is 25.0 Å². The number of rotatable bonds is 8. The van der Waals surface area contributed by atoms with Crippen molar-refractivity contribution in [1.29, 1.82) is 0 Å². The summed E-state index contributed by atoms with van der Waals surface area (Å²) in [5.74, 6) is 2.07. The summed E-state index contributed by atoms with van der Waals surface area (Å²) in [5, 5.41) is 6.10. The van der Waals surface area contributed by atoms with E-state index in [1.165, 1.54) is 0 Å². The average molecular weight is 443 g/mol. The highest BCUT2D eigenvalue weighted by Gasteiger charge is 2.29. The Morgan fingerprint density at radius 2 is 2.03 bits per heavy atom. The summed E-state index contributed by atoms with van der Waals surface area (Å²) in [6.07, 6.45) is 5.40. The zero-order chi connectivity index (χ0) is 22.5. The maximum absolute atomic E-state index is 12.8. The molecule has 0 unspecified atom stereocenters. The van der Waals surface area contributed by atoms with E-state index in [1.54, 1.807) is 10.8 Å². The van der Waals surface area contributed by atoms with Crippen LogP contribution in [0.4, 0.5) is 11.5 Å². The number of nitrogens with one attached hydrogen (secondary N) is 2. The van der Waals surface area contributed by atoms with Crippen LogP contribution in [-0.2, 0) is 4.79 Å². The molecule has 0 atom stereocenters. The Labute approximate surface area is 186 Å². The molecule has 1 fully saturated rings. The molecule has 10 nitrogen and oxygen atoms in total. The molecule has 0 saturated heterocycles. The van der Waals surface area contributed by atoms with Gasteiger partial charge in [0.15, 0.2) is 17.3 Å². The van der Waals surface area contributed by atoms with Crippen LogP contribution in [0.5, 0.6) is 17.2 Å². The van der Waals surface area contributed by atoms with Gasteiger partial charge in [-0.2, -0.15) is 4.98 Å². The zero-order valence-corrected chi connectivity index (χ0v) is 18.0. The Balaban J connectivity index is 1.45. The number of para-hydroxylation sites is 1. The molecule has 1 aromatic heterocycles. The standard InChI is InChI=1S/C22H30N6O4/c23-9-2-11-25-21(29)14-5-7-15(8-6-14)28-13-18-20(27-22(28)30)26-19-16(31-12-10-24)3-1-4-17(19)32-18/h1,3-4,13-15H,2,5-12,23-24H2,(H,25,29)(H,26,27,30)/t14-,15-. The molecule has 4 rings (SSSR count). The number of anilines is 2. The predicted molar refractivity (Wildman–Crippen MR) is 121 cm³/mol. The van der Waals surface area contributed by atoms with E-state index in [-0.39, 0.29) is 23.6 Å². The number of hydrogen-bond donors (Lipinski definition) is 4. The Kier molecular flexibility index (Phi) is 6.91. The van der Waals surface area contributed by atoms with Gasteiger partial charge >= 0.3 is 5.69 Å². The second kappa shape index (κ2) is 10.0. The van der Waals surface area contributed by atoms with Crippen LogP contribution < -0.4 is 37.3 Å². The first kappa shape index (κ1) is 22.1. The summed E-state index contributed by atoms with van der Waals surface area (Å²) in [4.78, 5) is 29.3. The van der Waals surface area contributed by atoms with Crippen molar-refractivity contribution in [2.45, 2.75) is 38.1 Å². The molecule has 0 bridgehead atoms. The summed E-state index contributed by atoms with van der Waals surface area (Å²) >= 11 is 0. The third kappa shape index (κ3) is 4.71. The van der Waals surface area contributed by atoms with Crippen molar-refractivity contribution in [2.24, 2.45) is 17.4 Å². The normalized spacial score (nSPS) is 19.2. The summed E-state index contributed by atoms with van der Waals surface area (Å²) in [6, 6.07) is 5.45. The number of hydrogen-bond acceptors (Lipinski definition) is 8. The van der Waals surface area contributed by atoms with Gasteiger partial charge in [0.05, 0.1) is 6.20 Å². The number of carbonyl (C=O) groups is 1. The minimum absolute atomic E-state index is 0.0161. The first-order valence-electron chi connectivity index (χ1n) is 11.1. The van der Waals surface area contributed by atoms with Gasteiger partial charge in [0.25, 0.3) is 0 Å². The van der Waals surface area contributed by atoms with Gasteiger partial charge in [-0.25, -0.2) is 4.79 Å². The lowest BCUT2D eigenvalue weighted by molar-refractivity contribution is -0.126. The van der Waals surface area contributed by atoms with E-state index >= 15 is 0 Å². The molecule has 1 saturated carbocycles. The van der Waals surface area contributed by atoms with Gasteiger partial charge in [-0.05, 0) is 50.8 Å². The molecule has 0 radical (unpaired) electrons. The molecule has 2 aliphatic rings. The highest BCUT2D eigenvalue weighted by atomic mass is 16.5. The van der Waals surface area contributed by atoms with Crippen molar-refractivity contribution in [3.63, 3.8) is 0 Å². The van der Waals surface area contributed by atoms with E-state index in [0.29, 0.717) is 55.0 Å². The van der Waals surface area contributed by atoms with Crippen LogP contribution in [0.25, 0.3) is 0 Å². The van der Waals surface area contributed by atoms with Crippen LogP contribution in [0.15, 0.2) is 29.2 Å². The molecule has 0 spiro atoms. The van der Waals surface area contributed by atoms with Crippen molar-refractivity contribution in [1.82, 2.24) is 14.9 Å². The Hall–Kier alpha value is -3.11. The van der Waals surface area contributed by atoms with E-state index < -0.39 is 0 Å². The molecule has 1 amide bonds. The van der Waals surface area contributed by atoms with Crippen LogP contribution >= 0.6 is 0 Å². The van der Waals surface area contributed by atoms with Crippen LogP contribution in [0.2, 0.25) is 0 Å². The van der Waals surface area contributed by atoms with E-state index in [9.17, 15) is 9.59 Å². The first-order valence-corrected chi connectivity index (χ1v) is 11.1. The fourth-order valence-corrected chi connectivity index (χ4v) is 4.20. The van der Waals surface area contributed by atoms with Crippen LogP contribution in [-0.4, -0.2) is 41.7 Å². The first-order chi connectivity index (χ1) is 15.6. The maximum atomic E-state index is 12.8. The monoisotopic (exact) mass is 442 g/mol. The molecule has 1 aromatic carbocycles. The maximum Gasteiger partial charge on any atom is 0.350 e. The molecule has 2 aromatic rings. The number of aromatic nitrogens is 2. The lowest BCUT2D eigenvalue weighted by atomic mass is 9.85. The fourth-order valence-electron chi connectivity index (χ4n) is 4.20. The van der Waals surface area contributed by atoms with Crippen molar-refractivity contribution >= 4 is 17.4 Å². The third-order valence-corrected chi connectivity index (χ3v) is 5.89. The van der Waals surface area contributed by atoms with Crippen molar-refractivity contribution in [3.8, 4) is 17.2 Å². The Morgan fingerprint density at radius 1 is 1.22 bits per heavy atom. The fraction of sp³-hybridized carbons (Fsp3) is 0.500. The number of ether oxygens (including phenoxy) is 2. The van der Waals surface area contributed by atoms with Crippen molar-refractivity contribution in [3.05, 3.63) is 34.9 Å². The quantitative estimate of drug-likeness (QED) is 0.385. The summed E-state index contributed by atoms with van der Waals surface area (Å²) in [6.45, 7) is 1.92. The molecular weight excluding hydrogens is 412 g/mol. The highest BCUT2D eigenvalue weighted by molar-refractivity contribution is 5.79. The third-order valence-electron chi connectivity index (χ3n) is 5.89. The van der Waals surface area contributed by atoms with Crippen LogP contribution in [0.3, 0.4) is 0 Å². The second-order valence-electron chi connectivity index (χ2n) is 8.08. The summed E-state index contributed by atoms with van der Waals surface area (Å²) in [5.41, 5.74) is 11.3. The number of nitrogens with zero attached hydrogens (tertiary/aromatic N) is 2. The van der Waals surface area contributed by atoms with E-state index in [2.05, 4.69) is 15.6 Å². The van der Waals surface area contributed by atoms with Crippen LogP contribution in [0.1, 0.15) is 38.1 Å². The largest absolute Gasteiger partial charge is 0.490 e. The van der Waals surface area contributed by atoms with Gasteiger partial charge in [-0.1, -0.05) is 6.07 Å². The van der Waals surface area contributed by atoms with Gasteiger partial charge in [0.2, 0.25) is 5.91 Å². The molecule has 1 aliphatic carbocycles. The lowest BCUT2D eigenvalue weighted by Crippen LogP contribution is -2.36. The van der Waals surface area contributed by atoms with Crippen LogP contribution in [0, 0.1) is 5.92 Å². The predicted octanol–water partition coefficient (Wildman–Crippen LogP) is 1.63. The minimum atomic E-state index is -0.348. The molecule has 6 N–H and O–H groups in total. The van der Waals surface area contributed by atoms with E-state index in [1.807, 2.05) is 18.2 Å². The minimum Gasteiger partial charge on any atom is -0.490 e. The average Bonchev–Trinajstić information content (AvgIpc) is 2.81. The number of benzene rings is 1. The number of amides is 1. The second-order valence-corrected chi connectivity index (χ2v) is 8.08. The highest BCUT2D eigenvalue weighted by Crippen LogP contribution is 2.45. The van der Waals surface area contributed by atoms with Gasteiger partial charge in [0.1, 0.15) is 18.0 Å². The topological polar surface area (TPSA) is 147 Å². The smallest absolute Gasteiger partial charge is 0.350 e. The Bertz CT molecular complexity index is 1020. The van der Waals surface area contributed by atoms with Gasteiger partial charge in [-0.3, -0.25) is 9.36 Å². The number of nitrogens with two attached hydrogens (primary N) is 2. The molecule has 32 heavy (non-hydrogen) atoms. The van der Waals surface area contributed by atoms with Crippen molar-refractivity contribution in [2.75, 3.05) is 31.6 Å². The van der Waals surface area contributed by atoms with Gasteiger partial charge in [-0.15, -0.1) is 0 Å². The number of fused-ring (bicyclic) bond motifs is 2. The SMILES string of the molecule is NCCCNC(=O)[C@H]1CC[C@H](n2cc3c(nc2=O)Nc2c(OCCN)cccc2O3)CC1. The molecule has 1 aliphatic heterocycles. The molecule has 172 valence electrons. The number of carbonyl (C=O) groups excluding carboxylic acids is 1. The Morgan fingerprint density at radius 3 is 2.78 bits per heavy atom. The van der Waals surface area contributed by atoms with Gasteiger partial charge < -0.3 is 31.6 Å². The van der Waals surface area contributed by atoms with E-state index in [0.717, 1.165) is 32.1 Å². The molecule has 10 heteroatoms. The summed E-state index contributed by atoms with van der Waals surface area (Å²) in [7, 11) is 0. The molecule has 2 heterocycles.